The minimum atomic E-state index is -0.337. The van der Waals surface area contributed by atoms with Crippen LogP contribution < -0.4 is 0 Å². The number of non-ortho nitro benzene ring substituents is 1. The Kier molecular flexibility index (Phi) is 4.26. The average Bonchev–Trinajstić information content (AvgIpc) is 3.00. The second-order valence-electron chi connectivity index (χ2n) is 5.48. The van der Waals surface area contributed by atoms with E-state index in [4.69, 9.17) is 0 Å². The molecule has 122 valence electrons. The van der Waals surface area contributed by atoms with E-state index < -0.39 is 0 Å². The van der Waals surface area contributed by atoms with Gasteiger partial charge in [-0.25, -0.2) is 0 Å². The van der Waals surface area contributed by atoms with E-state index in [1.165, 1.54) is 0 Å². The smallest absolute Gasteiger partial charge is 0.258 e. The monoisotopic (exact) mass is 363 g/mol. The summed E-state index contributed by atoms with van der Waals surface area (Å²) in [6.45, 7) is 0. The summed E-state index contributed by atoms with van der Waals surface area (Å²) in [6.07, 6.45) is 0. The van der Waals surface area contributed by atoms with Crippen molar-refractivity contribution in [3.05, 3.63) is 89.0 Å². The van der Waals surface area contributed by atoms with Crippen molar-refractivity contribution in [1.29, 1.82) is 0 Å². The first kappa shape index (κ1) is 15.9. The lowest BCUT2D eigenvalue weighted by Gasteiger charge is -2.05. The van der Waals surface area contributed by atoms with Crippen molar-refractivity contribution in [1.82, 2.24) is 0 Å². The number of benzene rings is 3. The highest BCUT2D eigenvalue weighted by molar-refractivity contribution is 8.01. The lowest BCUT2D eigenvalue weighted by atomic mass is 10.0. The summed E-state index contributed by atoms with van der Waals surface area (Å²) in [4.78, 5) is 12.0. The van der Waals surface area contributed by atoms with Gasteiger partial charge in [0, 0.05) is 32.7 Å². The molecule has 5 heteroatoms. The predicted molar refractivity (Wildman–Crippen MR) is 104 cm³/mol. The molecule has 0 saturated carbocycles. The maximum atomic E-state index is 11.2. The highest BCUT2D eigenvalue weighted by Crippen LogP contribution is 2.47. The Morgan fingerprint density at radius 2 is 1.56 bits per heavy atom. The maximum Gasteiger partial charge on any atom is 0.270 e. The molecule has 0 atom stereocenters. The fourth-order valence-electron chi connectivity index (χ4n) is 2.72. The fraction of sp³-hybridized carbons (Fsp3) is 0. The molecule has 0 fully saturated rings. The van der Waals surface area contributed by atoms with Crippen LogP contribution in [0.25, 0.3) is 21.2 Å². The zero-order valence-corrected chi connectivity index (χ0v) is 14.7. The van der Waals surface area contributed by atoms with Gasteiger partial charge in [0.1, 0.15) is 0 Å². The molecule has 3 aromatic carbocycles. The van der Waals surface area contributed by atoms with Crippen molar-refractivity contribution in [2.75, 3.05) is 0 Å². The number of hydrogen-bond acceptors (Lipinski definition) is 4. The Morgan fingerprint density at radius 3 is 2.24 bits per heavy atom. The molecule has 25 heavy (non-hydrogen) atoms. The first-order valence-corrected chi connectivity index (χ1v) is 9.35. The summed E-state index contributed by atoms with van der Waals surface area (Å²) in [5.74, 6) is 0. The highest BCUT2D eigenvalue weighted by atomic mass is 32.2. The van der Waals surface area contributed by atoms with E-state index in [0.29, 0.717) is 0 Å². The van der Waals surface area contributed by atoms with Crippen LogP contribution in [-0.2, 0) is 0 Å². The third-order valence-corrected chi connectivity index (χ3v) is 6.23. The normalized spacial score (nSPS) is 10.9. The van der Waals surface area contributed by atoms with Crippen molar-refractivity contribution >= 4 is 38.9 Å². The van der Waals surface area contributed by atoms with E-state index in [9.17, 15) is 10.1 Å². The van der Waals surface area contributed by atoms with Crippen molar-refractivity contribution in [3.63, 3.8) is 0 Å². The van der Waals surface area contributed by atoms with Gasteiger partial charge in [-0.1, -0.05) is 60.3 Å². The highest BCUT2D eigenvalue weighted by Gasteiger charge is 2.18. The number of rotatable bonds is 4. The summed E-state index contributed by atoms with van der Waals surface area (Å²) in [6, 6.07) is 25.4. The summed E-state index contributed by atoms with van der Waals surface area (Å²) < 4.78 is 2.20. The predicted octanol–water partition coefficient (Wildman–Crippen LogP) is 6.63. The third-order valence-electron chi connectivity index (χ3n) is 3.87. The Morgan fingerprint density at radius 1 is 0.880 bits per heavy atom. The molecule has 0 spiro atoms. The number of nitrogens with zero attached hydrogens (tertiary/aromatic N) is 1. The summed E-state index contributed by atoms with van der Waals surface area (Å²) in [5.41, 5.74) is 2.27. The van der Waals surface area contributed by atoms with Crippen LogP contribution >= 0.6 is 23.1 Å². The molecule has 0 amide bonds. The van der Waals surface area contributed by atoms with Crippen LogP contribution in [0.4, 0.5) is 5.69 Å². The van der Waals surface area contributed by atoms with Gasteiger partial charge in [0.05, 0.1) is 9.13 Å². The minimum Gasteiger partial charge on any atom is -0.258 e. The molecule has 4 aromatic rings. The molecule has 0 unspecified atom stereocenters. The van der Waals surface area contributed by atoms with Crippen LogP contribution in [-0.4, -0.2) is 4.92 Å². The van der Waals surface area contributed by atoms with Gasteiger partial charge in [-0.15, -0.1) is 11.3 Å². The number of hydrogen-bond donors (Lipinski definition) is 0. The van der Waals surface area contributed by atoms with E-state index in [2.05, 4.69) is 24.3 Å². The fourth-order valence-corrected chi connectivity index (χ4v) is 5.22. The van der Waals surface area contributed by atoms with E-state index in [-0.39, 0.29) is 10.6 Å². The summed E-state index contributed by atoms with van der Waals surface area (Å²) in [5, 5.41) is 12.1. The van der Waals surface area contributed by atoms with E-state index in [1.54, 1.807) is 35.2 Å². The topological polar surface area (TPSA) is 43.1 Å². The van der Waals surface area contributed by atoms with E-state index >= 15 is 0 Å². The molecule has 0 saturated heterocycles. The van der Waals surface area contributed by atoms with Crippen molar-refractivity contribution < 1.29 is 4.92 Å². The van der Waals surface area contributed by atoms with Crippen LogP contribution in [0.15, 0.2) is 88.0 Å². The second kappa shape index (κ2) is 6.70. The number of nitro groups is 1. The van der Waals surface area contributed by atoms with Crippen molar-refractivity contribution in [3.8, 4) is 11.1 Å². The van der Waals surface area contributed by atoms with Gasteiger partial charge in [0.25, 0.3) is 5.69 Å². The van der Waals surface area contributed by atoms with Gasteiger partial charge in [-0.2, -0.15) is 0 Å². The first-order chi connectivity index (χ1) is 12.2. The van der Waals surface area contributed by atoms with Crippen molar-refractivity contribution in [2.24, 2.45) is 0 Å². The largest absolute Gasteiger partial charge is 0.270 e. The van der Waals surface area contributed by atoms with Gasteiger partial charge in [-0.3, -0.25) is 10.1 Å². The van der Waals surface area contributed by atoms with Gasteiger partial charge in [0.15, 0.2) is 0 Å². The molecule has 0 N–H and O–H groups in total. The molecule has 0 bridgehead atoms. The Labute approximate surface area is 153 Å². The van der Waals surface area contributed by atoms with Crippen molar-refractivity contribution in [2.45, 2.75) is 9.10 Å². The van der Waals surface area contributed by atoms with Crippen LogP contribution in [0, 0.1) is 10.1 Å². The molecule has 1 heterocycles. The first-order valence-electron chi connectivity index (χ1n) is 7.71. The zero-order chi connectivity index (χ0) is 17.2. The zero-order valence-electron chi connectivity index (χ0n) is 13.1. The van der Waals surface area contributed by atoms with Crippen LogP contribution in [0.2, 0.25) is 0 Å². The van der Waals surface area contributed by atoms with Crippen LogP contribution in [0.5, 0.6) is 0 Å². The molecule has 0 aliphatic heterocycles. The molecular weight excluding hydrogens is 350 g/mol. The molecule has 0 radical (unpaired) electrons. The van der Waals surface area contributed by atoms with Gasteiger partial charge < -0.3 is 0 Å². The second-order valence-corrected chi connectivity index (χ2v) is 7.88. The lowest BCUT2D eigenvalue weighted by Crippen LogP contribution is -1.86. The maximum absolute atomic E-state index is 11.2. The SMILES string of the molecule is O=[N+]([O-])c1ccc2sc(Sc3ccccc3)c(-c3ccccc3)c2c1. The summed E-state index contributed by atoms with van der Waals surface area (Å²) >= 11 is 3.37. The molecular formula is C20H13NO2S2. The molecule has 4 rings (SSSR count). The molecule has 0 aliphatic carbocycles. The Balaban J connectivity index is 1.93. The third kappa shape index (κ3) is 3.16. The minimum absolute atomic E-state index is 0.124. The number of nitro benzene ring substituents is 1. The quantitative estimate of drug-likeness (QED) is 0.302. The average molecular weight is 363 g/mol. The van der Waals surface area contributed by atoms with Gasteiger partial charge in [-0.05, 0) is 23.8 Å². The Bertz CT molecular complexity index is 1040. The molecule has 1 aromatic heterocycles. The Hall–Kier alpha value is -2.63. The molecule has 3 nitrogen and oxygen atoms in total. The number of fused-ring (bicyclic) bond motifs is 1. The summed E-state index contributed by atoms with van der Waals surface area (Å²) in [7, 11) is 0. The van der Waals surface area contributed by atoms with Gasteiger partial charge in [0.2, 0.25) is 0 Å². The standard InChI is InChI=1S/C20H13NO2S2/c22-21(23)15-11-12-18-17(13-15)19(14-7-3-1-4-8-14)20(25-18)24-16-9-5-2-6-10-16/h1-13H. The van der Waals surface area contributed by atoms with Crippen LogP contribution in [0.1, 0.15) is 0 Å². The van der Waals surface area contributed by atoms with Crippen LogP contribution in [0.3, 0.4) is 0 Å². The number of thiophene rings is 1. The molecule has 0 aliphatic rings. The van der Waals surface area contributed by atoms with E-state index in [0.717, 1.165) is 30.3 Å². The van der Waals surface area contributed by atoms with Gasteiger partial charge >= 0.3 is 0 Å². The van der Waals surface area contributed by atoms with E-state index in [1.807, 2.05) is 42.5 Å². The lowest BCUT2D eigenvalue weighted by molar-refractivity contribution is -0.384.